The Labute approximate surface area is 114 Å². The lowest BCUT2D eigenvalue weighted by Crippen LogP contribution is -2.33. The summed E-state index contributed by atoms with van der Waals surface area (Å²) in [5.74, 6) is -0.114. The van der Waals surface area contributed by atoms with E-state index < -0.39 is 15.2 Å². The van der Waals surface area contributed by atoms with Crippen LogP contribution in [0.2, 0.25) is 5.02 Å². The van der Waals surface area contributed by atoms with Crippen molar-refractivity contribution in [3.8, 4) is 5.75 Å². The van der Waals surface area contributed by atoms with Crippen molar-refractivity contribution in [2.45, 2.75) is 17.9 Å². The van der Waals surface area contributed by atoms with Gasteiger partial charge in [-0.2, -0.15) is 0 Å². The van der Waals surface area contributed by atoms with Crippen molar-refractivity contribution < 1.29 is 17.9 Å². The van der Waals surface area contributed by atoms with E-state index in [4.69, 9.17) is 27.0 Å². The first-order valence-corrected chi connectivity index (χ1v) is 7.57. The molecule has 0 aromatic heterocycles. The highest BCUT2D eigenvalue weighted by Gasteiger charge is 2.17. The molecule has 0 spiro atoms. The molecule has 0 radical (unpaired) electrons. The molecule has 5 nitrogen and oxygen atoms in total. The molecule has 1 N–H and O–H groups in total. The van der Waals surface area contributed by atoms with Gasteiger partial charge >= 0.3 is 0 Å². The summed E-state index contributed by atoms with van der Waals surface area (Å²) in [5.41, 5.74) is 0. The SMILES string of the molecule is CNC(=O)C(C)Oc1ccc(S(=O)(=O)Cl)cc1Cl. The molecule has 1 aromatic carbocycles. The van der Waals surface area contributed by atoms with Gasteiger partial charge in [-0.3, -0.25) is 4.79 Å². The highest BCUT2D eigenvalue weighted by atomic mass is 35.7. The lowest BCUT2D eigenvalue weighted by Gasteiger charge is -2.14. The van der Waals surface area contributed by atoms with Crippen molar-refractivity contribution >= 4 is 37.2 Å². The van der Waals surface area contributed by atoms with E-state index in [0.29, 0.717) is 0 Å². The fraction of sp³-hybridized carbons (Fsp3) is 0.300. The van der Waals surface area contributed by atoms with Gasteiger partial charge in [-0.25, -0.2) is 8.42 Å². The van der Waals surface area contributed by atoms with Gasteiger partial charge in [-0.1, -0.05) is 11.6 Å². The molecule has 1 unspecified atom stereocenters. The van der Waals surface area contributed by atoms with Crippen LogP contribution in [0.4, 0.5) is 0 Å². The van der Waals surface area contributed by atoms with Gasteiger partial charge < -0.3 is 10.1 Å². The van der Waals surface area contributed by atoms with Crippen LogP contribution >= 0.6 is 22.3 Å². The minimum absolute atomic E-state index is 0.0625. The second kappa shape index (κ2) is 5.77. The number of hydrogen-bond acceptors (Lipinski definition) is 4. The molecular formula is C10H11Cl2NO4S. The third-order valence-corrected chi connectivity index (χ3v) is 3.75. The number of carbonyl (C=O) groups excluding carboxylic acids is 1. The average molecular weight is 312 g/mol. The largest absolute Gasteiger partial charge is 0.479 e. The fourth-order valence-electron chi connectivity index (χ4n) is 1.18. The maximum absolute atomic E-state index is 11.3. The minimum Gasteiger partial charge on any atom is -0.479 e. The molecule has 8 heteroatoms. The molecule has 0 saturated carbocycles. The van der Waals surface area contributed by atoms with Gasteiger partial charge in [-0.05, 0) is 25.1 Å². The van der Waals surface area contributed by atoms with E-state index in [0.717, 1.165) is 6.07 Å². The summed E-state index contributed by atoms with van der Waals surface area (Å²) < 4.78 is 27.4. The van der Waals surface area contributed by atoms with Crippen LogP contribution in [0, 0.1) is 0 Å². The molecule has 1 amide bonds. The molecule has 0 bridgehead atoms. The molecule has 1 aromatic rings. The minimum atomic E-state index is -3.84. The van der Waals surface area contributed by atoms with Gasteiger partial charge in [0.1, 0.15) is 5.75 Å². The average Bonchev–Trinajstić information content (AvgIpc) is 2.29. The predicted molar refractivity (Wildman–Crippen MR) is 68.6 cm³/mol. The second-order valence-electron chi connectivity index (χ2n) is 3.40. The lowest BCUT2D eigenvalue weighted by molar-refractivity contribution is -0.126. The van der Waals surface area contributed by atoms with Crippen molar-refractivity contribution in [2.75, 3.05) is 7.05 Å². The van der Waals surface area contributed by atoms with E-state index in [2.05, 4.69) is 5.32 Å². The van der Waals surface area contributed by atoms with E-state index >= 15 is 0 Å². The van der Waals surface area contributed by atoms with E-state index in [1.54, 1.807) is 6.92 Å². The monoisotopic (exact) mass is 311 g/mol. The molecule has 0 aliphatic rings. The van der Waals surface area contributed by atoms with Crippen LogP contribution in [-0.4, -0.2) is 27.5 Å². The first kappa shape index (κ1) is 15.1. The number of halogens is 2. The van der Waals surface area contributed by atoms with Gasteiger partial charge in [0.15, 0.2) is 6.10 Å². The number of rotatable bonds is 4. The Morgan fingerprint density at radius 3 is 2.50 bits per heavy atom. The maximum Gasteiger partial charge on any atom is 0.261 e. The molecule has 0 aliphatic carbocycles. The van der Waals surface area contributed by atoms with Crippen molar-refractivity contribution in [2.24, 2.45) is 0 Å². The summed E-state index contributed by atoms with van der Waals surface area (Å²) in [6.45, 7) is 1.54. The van der Waals surface area contributed by atoms with Gasteiger partial charge in [0.25, 0.3) is 15.0 Å². The normalized spacial score (nSPS) is 12.9. The van der Waals surface area contributed by atoms with Crippen LogP contribution < -0.4 is 10.1 Å². The first-order valence-electron chi connectivity index (χ1n) is 4.88. The topological polar surface area (TPSA) is 72.5 Å². The number of benzene rings is 1. The summed E-state index contributed by atoms with van der Waals surface area (Å²) >= 11 is 5.85. The molecule has 1 rings (SSSR count). The van der Waals surface area contributed by atoms with Crippen molar-refractivity contribution in [1.82, 2.24) is 5.32 Å². The van der Waals surface area contributed by atoms with Crippen LogP contribution in [0.5, 0.6) is 5.75 Å². The molecule has 18 heavy (non-hydrogen) atoms. The summed E-state index contributed by atoms with van der Waals surface area (Å²) in [4.78, 5) is 11.1. The number of likely N-dealkylation sites (N-methyl/N-ethyl adjacent to an activating group) is 1. The number of amides is 1. The Morgan fingerprint density at radius 1 is 1.44 bits per heavy atom. The van der Waals surface area contributed by atoms with E-state index in [1.807, 2.05) is 0 Å². The third-order valence-electron chi connectivity index (χ3n) is 2.10. The van der Waals surface area contributed by atoms with Crippen LogP contribution in [0.15, 0.2) is 23.1 Å². The number of nitrogens with one attached hydrogen (secondary N) is 1. The highest BCUT2D eigenvalue weighted by molar-refractivity contribution is 8.13. The van der Waals surface area contributed by atoms with Crippen molar-refractivity contribution in [3.05, 3.63) is 23.2 Å². The fourth-order valence-corrected chi connectivity index (χ4v) is 2.24. The van der Waals surface area contributed by atoms with Crippen molar-refractivity contribution in [1.29, 1.82) is 0 Å². The number of carbonyl (C=O) groups is 1. The van der Waals surface area contributed by atoms with E-state index in [9.17, 15) is 13.2 Å². The molecule has 0 fully saturated rings. The van der Waals surface area contributed by atoms with Crippen LogP contribution in [0.25, 0.3) is 0 Å². The predicted octanol–water partition coefficient (Wildman–Crippen LogP) is 1.78. The zero-order chi connectivity index (χ0) is 13.9. The van der Waals surface area contributed by atoms with Crippen molar-refractivity contribution in [3.63, 3.8) is 0 Å². The Kier molecular flexibility index (Phi) is 4.84. The van der Waals surface area contributed by atoms with Gasteiger partial charge in [0, 0.05) is 17.7 Å². The summed E-state index contributed by atoms with van der Waals surface area (Å²) in [7, 11) is 2.81. The summed E-state index contributed by atoms with van der Waals surface area (Å²) in [5, 5.41) is 2.48. The Balaban J connectivity index is 2.97. The first-order chi connectivity index (χ1) is 8.25. The maximum atomic E-state index is 11.3. The number of hydrogen-bond donors (Lipinski definition) is 1. The Morgan fingerprint density at radius 2 is 2.06 bits per heavy atom. The standard InChI is InChI=1S/C10H11Cl2NO4S/c1-6(10(14)13-2)17-9-4-3-7(5-8(9)11)18(12,15)16/h3-6H,1-2H3,(H,13,14). The third kappa shape index (κ3) is 3.76. The van der Waals surface area contributed by atoms with Crippen LogP contribution in [0.3, 0.4) is 0 Å². The molecule has 0 aliphatic heterocycles. The van der Waals surface area contributed by atoms with Crippen LogP contribution in [0.1, 0.15) is 6.92 Å². The molecule has 1 atom stereocenters. The highest BCUT2D eigenvalue weighted by Crippen LogP contribution is 2.29. The van der Waals surface area contributed by atoms with Gasteiger partial charge in [0.05, 0.1) is 9.92 Å². The molecule has 0 heterocycles. The number of ether oxygens (including phenoxy) is 1. The van der Waals surface area contributed by atoms with E-state index in [-0.39, 0.29) is 21.6 Å². The van der Waals surface area contributed by atoms with Crippen LogP contribution in [-0.2, 0) is 13.8 Å². The van der Waals surface area contributed by atoms with Gasteiger partial charge in [-0.15, -0.1) is 0 Å². The second-order valence-corrected chi connectivity index (χ2v) is 6.38. The zero-order valence-corrected chi connectivity index (χ0v) is 11.9. The smallest absolute Gasteiger partial charge is 0.261 e. The molecular weight excluding hydrogens is 301 g/mol. The lowest BCUT2D eigenvalue weighted by atomic mass is 10.3. The van der Waals surface area contributed by atoms with E-state index in [1.165, 1.54) is 19.2 Å². The molecule has 0 saturated heterocycles. The quantitative estimate of drug-likeness (QED) is 0.860. The molecule has 100 valence electrons. The summed E-state index contributed by atoms with van der Waals surface area (Å²) in [6.07, 6.45) is -0.744. The summed E-state index contributed by atoms with van der Waals surface area (Å²) in [6, 6.07) is 3.76. The zero-order valence-electron chi connectivity index (χ0n) is 9.61. The van der Waals surface area contributed by atoms with Gasteiger partial charge in [0.2, 0.25) is 0 Å². The Bertz CT molecular complexity index is 559. The Hall–Kier alpha value is -0.980.